The normalized spacial score (nSPS) is 11.4. The van der Waals surface area contributed by atoms with Crippen LogP contribution in [0.5, 0.6) is 0 Å². The molecule has 3 amide bonds. The number of rotatable bonds is 4. The van der Waals surface area contributed by atoms with Gasteiger partial charge in [-0.3, -0.25) is 10.1 Å². The molecule has 0 bridgehead atoms. The minimum atomic E-state index is -1.21. The molecule has 1 aromatic carbocycles. The van der Waals surface area contributed by atoms with Gasteiger partial charge in [0, 0.05) is 6.54 Å². The van der Waals surface area contributed by atoms with Crippen molar-refractivity contribution in [2.75, 3.05) is 6.54 Å². The molecule has 0 aliphatic heterocycles. The maximum atomic E-state index is 12.9. The van der Waals surface area contributed by atoms with E-state index < -0.39 is 29.8 Å². The molecule has 0 aliphatic carbocycles. The van der Waals surface area contributed by atoms with Crippen molar-refractivity contribution in [2.45, 2.75) is 20.0 Å². The Morgan fingerprint density at radius 2 is 2.05 bits per heavy atom. The van der Waals surface area contributed by atoms with Crippen LogP contribution in [0.2, 0.25) is 5.02 Å². The highest BCUT2D eigenvalue weighted by atomic mass is 35.5. The quantitative estimate of drug-likeness (QED) is 0.831. The number of ether oxygens (including phenoxy) is 1. The highest BCUT2D eigenvalue weighted by Crippen LogP contribution is 2.18. The maximum Gasteiger partial charge on any atom is 0.340 e. The molecule has 1 atom stereocenters. The lowest BCUT2D eigenvalue weighted by Crippen LogP contribution is -2.44. The smallest absolute Gasteiger partial charge is 0.340 e. The number of carbonyl (C=O) groups excluding carboxylic acids is 3. The number of nitrogens with one attached hydrogen (secondary N) is 2. The van der Waals surface area contributed by atoms with Crippen molar-refractivity contribution >= 4 is 29.5 Å². The highest BCUT2D eigenvalue weighted by molar-refractivity contribution is 6.33. The first-order chi connectivity index (χ1) is 9.85. The molecule has 0 saturated carbocycles. The third-order valence-corrected chi connectivity index (χ3v) is 2.69. The fourth-order valence-electron chi connectivity index (χ4n) is 1.35. The van der Waals surface area contributed by atoms with Crippen molar-refractivity contribution < 1.29 is 23.5 Å². The molecule has 0 spiro atoms. The van der Waals surface area contributed by atoms with E-state index in [0.717, 1.165) is 18.2 Å². The van der Waals surface area contributed by atoms with Gasteiger partial charge in [0.2, 0.25) is 0 Å². The molecule has 0 unspecified atom stereocenters. The van der Waals surface area contributed by atoms with Crippen LogP contribution in [0.4, 0.5) is 9.18 Å². The first-order valence-corrected chi connectivity index (χ1v) is 6.47. The highest BCUT2D eigenvalue weighted by Gasteiger charge is 2.22. The van der Waals surface area contributed by atoms with E-state index in [1.807, 2.05) is 5.32 Å². The Labute approximate surface area is 125 Å². The van der Waals surface area contributed by atoms with Gasteiger partial charge in [0.25, 0.3) is 5.91 Å². The van der Waals surface area contributed by atoms with E-state index in [9.17, 15) is 18.8 Å². The Morgan fingerprint density at radius 3 is 2.62 bits per heavy atom. The number of esters is 1. The van der Waals surface area contributed by atoms with Crippen LogP contribution in [0.15, 0.2) is 18.2 Å². The van der Waals surface area contributed by atoms with Crippen LogP contribution in [0.25, 0.3) is 0 Å². The molecule has 21 heavy (non-hydrogen) atoms. The standard InChI is InChI=1S/C13H14ClFN2O4/c1-3-16-13(20)17-11(18)7(2)21-12(19)9-5-4-8(15)6-10(9)14/h4-7H,3H2,1-2H3,(H2,16,17,18,20)/t7-/m0/s1. The predicted molar refractivity (Wildman–Crippen MR) is 73.5 cm³/mol. The molecule has 1 rings (SSSR count). The van der Waals surface area contributed by atoms with E-state index >= 15 is 0 Å². The van der Waals surface area contributed by atoms with Crippen molar-refractivity contribution in [1.82, 2.24) is 10.6 Å². The van der Waals surface area contributed by atoms with Gasteiger partial charge in [0.1, 0.15) is 5.82 Å². The van der Waals surface area contributed by atoms with E-state index in [2.05, 4.69) is 5.32 Å². The van der Waals surface area contributed by atoms with Gasteiger partial charge in [-0.05, 0) is 32.0 Å². The van der Waals surface area contributed by atoms with Crippen LogP contribution in [-0.2, 0) is 9.53 Å². The van der Waals surface area contributed by atoms with Crippen molar-refractivity contribution in [1.29, 1.82) is 0 Å². The number of carbonyl (C=O) groups is 3. The van der Waals surface area contributed by atoms with Gasteiger partial charge in [-0.25, -0.2) is 14.0 Å². The molecule has 0 radical (unpaired) electrons. The molecule has 0 heterocycles. The number of hydrogen-bond donors (Lipinski definition) is 2. The van der Waals surface area contributed by atoms with Crippen LogP contribution in [0.3, 0.4) is 0 Å². The molecule has 6 nitrogen and oxygen atoms in total. The summed E-state index contributed by atoms with van der Waals surface area (Å²) in [4.78, 5) is 34.5. The van der Waals surface area contributed by atoms with Crippen LogP contribution in [0, 0.1) is 5.82 Å². The molecule has 2 N–H and O–H groups in total. The Balaban J connectivity index is 2.65. The van der Waals surface area contributed by atoms with E-state index in [1.165, 1.54) is 6.92 Å². The van der Waals surface area contributed by atoms with Crippen molar-refractivity contribution in [2.24, 2.45) is 0 Å². The zero-order valence-electron chi connectivity index (χ0n) is 11.4. The van der Waals surface area contributed by atoms with E-state index in [1.54, 1.807) is 6.92 Å². The molecule has 0 aliphatic rings. The zero-order valence-corrected chi connectivity index (χ0v) is 12.2. The second-order valence-electron chi connectivity index (χ2n) is 4.02. The summed E-state index contributed by atoms with van der Waals surface area (Å²) in [6, 6.07) is 2.46. The number of amides is 3. The Kier molecular flexibility index (Phi) is 6.10. The zero-order chi connectivity index (χ0) is 16.0. The molecular formula is C13H14ClFN2O4. The number of benzene rings is 1. The van der Waals surface area contributed by atoms with Crippen LogP contribution < -0.4 is 10.6 Å². The maximum absolute atomic E-state index is 12.9. The summed E-state index contributed by atoms with van der Waals surface area (Å²) in [6.07, 6.45) is -1.21. The first kappa shape index (κ1) is 16.9. The lowest BCUT2D eigenvalue weighted by atomic mass is 10.2. The van der Waals surface area contributed by atoms with Crippen molar-refractivity contribution in [3.8, 4) is 0 Å². The monoisotopic (exact) mass is 316 g/mol. The van der Waals surface area contributed by atoms with Gasteiger partial charge in [-0.1, -0.05) is 11.6 Å². The van der Waals surface area contributed by atoms with Gasteiger partial charge in [0.15, 0.2) is 6.10 Å². The summed E-state index contributed by atoms with van der Waals surface area (Å²) < 4.78 is 17.7. The summed E-state index contributed by atoms with van der Waals surface area (Å²) in [7, 11) is 0. The van der Waals surface area contributed by atoms with E-state index in [4.69, 9.17) is 16.3 Å². The average Bonchev–Trinajstić information content (AvgIpc) is 2.38. The van der Waals surface area contributed by atoms with Gasteiger partial charge in [-0.2, -0.15) is 0 Å². The fraction of sp³-hybridized carbons (Fsp3) is 0.308. The Hall–Kier alpha value is -2.15. The lowest BCUT2D eigenvalue weighted by Gasteiger charge is -2.13. The molecular weight excluding hydrogens is 303 g/mol. The van der Waals surface area contributed by atoms with Crippen LogP contribution in [-0.4, -0.2) is 30.6 Å². The Morgan fingerprint density at radius 1 is 1.38 bits per heavy atom. The van der Waals surface area contributed by atoms with Gasteiger partial charge < -0.3 is 10.1 Å². The topological polar surface area (TPSA) is 84.5 Å². The minimum absolute atomic E-state index is 0.0734. The second-order valence-corrected chi connectivity index (χ2v) is 4.43. The number of halogens is 2. The van der Waals surface area contributed by atoms with E-state index in [0.29, 0.717) is 6.54 Å². The van der Waals surface area contributed by atoms with Crippen molar-refractivity contribution in [3.05, 3.63) is 34.6 Å². The van der Waals surface area contributed by atoms with E-state index in [-0.39, 0.29) is 10.6 Å². The van der Waals surface area contributed by atoms with Crippen LogP contribution in [0.1, 0.15) is 24.2 Å². The third kappa shape index (κ3) is 5.03. The SMILES string of the molecule is CCNC(=O)NC(=O)[C@H](C)OC(=O)c1ccc(F)cc1Cl. The molecule has 114 valence electrons. The predicted octanol–water partition coefficient (Wildman–Crippen LogP) is 1.87. The molecule has 0 aromatic heterocycles. The summed E-state index contributed by atoms with van der Waals surface area (Å²) >= 11 is 5.71. The van der Waals surface area contributed by atoms with Crippen molar-refractivity contribution in [3.63, 3.8) is 0 Å². The molecule has 8 heteroatoms. The molecule has 0 saturated heterocycles. The molecule has 0 fully saturated rings. The third-order valence-electron chi connectivity index (χ3n) is 2.38. The summed E-state index contributed by atoms with van der Waals surface area (Å²) in [6.45, 7) is 3.33. The summed E-state index contributed by atoms with van der Waals surface area (Å²) in [5, 5.41) is 4.23. The van der Waals surface area contributed by atoms with Gasteiger partial charge in [-0.15, -0.1) is 0 Å². The van der Waals surface area contributed by atoms with Crippen LogP contribution >= 0.6 is 11.6 Å². The molecule has 1 aromatic rings. The average molecular weight is 317 g/mol. The van der Waals surface area contributed by atoms with Gasteiger partial charge >= 0.3 is 12.0 Å². The first-order valence-electron chi connectivity index (χ1n) is 6.09. The summed E-state index contributed by atoms with van der Waals surface area (Å²) in [5.74, 6) is -2.27. The fourth-order valence-corrected chi connectivity index (χ4v) is 1.60. The number of urea groups is 1. The van der Waals surface area contributed by atoms with Gasteiger partial charge in [0.05, 0.1) is 10.6 Å². The lowest BCUT2D eigenvalue weighted by molar-refractivity contribution is -0.127. The summed E-state index contributed by atoms with van der Waals surface area (Å²) in [5.41, 5.74) is -0.0734. The minimum Gasteiger partial charge on any atom is -0.449 e. The largest absolute Gasteiger partial charge is 0.449 e. The number of imide groups is 1. The Bertz CT molecular complexity index is 565. The second kappa shape index (κ2) is 7.58. The number of hydrogen-bond acceptors (Lipinski definition) is 4.